The van der Waals surface area contributed by atoms with Gasteiger partial charge in [0, 0.05) is 25.2 Å². The summed E-state index contributed by atoms with van der Waals surface area (Å²) < 4.78 is 18.6. The van der Waals surface area contributed by atoms with Crippen LogP contribution in [0.15, 0.2) is 24.3 Å². The number of piperazine rings is 1. The van der Waals surface area contributed by atoms with Gasteiger partial charge in [0.15, 0.2) is 0 Å². The van der Waals surface area contributed by atoms with Crippen LogP contribution in [0.1, 0.15) is 39.3 Å². The predicted molar refractivity (Wildman–Crippen MR) is 84.0 cm³/mol. The molecule has 122 valence electrons. The summed E-state index contributed by atoms with van der Waals surface area (Å²) in [5, 5.41) is 3.40. The molecular formula is C17H25FN2O2. The van der Waals surface area contributed by atoms with Crippen LogP contribution in [0.25, 0.3) is 0 Å². The number of hydrogen-bond donors (Lipinski definition) is 1. The maximum atomic E-state index is 13.2. The van der Waals surface area contributed by atoms with Crippen LogP contribution in [0.3, 0.4) is 0 Å². The fourth-order valence-electron chi connectivity index (χ4n) is 2.81. The number of benzene rings is 1. The van der Waals surface area contributed by atoms with E-state index in [1.54, 1.807) is 12.1 Å². The molecule has 1 aromatic carbocycles. The molecule has 0 aromatic heterocycles. The average Bonchev–Trinajstić information content (AvgIpc) is 2.44. The number of carbonyl (C=O) groups is 1. The van der Waals surface area contributed by atoms with Gasteiger partial charge in [-0.25, -0.2) is 9.18 Å². The molecule has 2 rings (SSSR count). The van der Waals surface area contributed by atoms with Gasteiger partial charge in [-0.15, -0.1) is 0 Å². The first-order chi connectivity index (χ1) is 10.4. The number of esters is 1. The van der Waals surface area contributed by atoms with Crippen molar-refractivity contribution in [3.8, 4) is 0 Å². The van der Waals surface area contributed by atoms with E-state index in [2.05, 4.69) is 24.1 Å². The van der Waals surface area contributed by atoms with E-state index < -0.39 is 6.04 Å². The van der Waals surface area contributed by atoms with Gasteiger partial charge in [0.1, 0.15) is 11.9 Å². The molecule has 0 bridgehead atoms. The average molecular weight is 308 g/mol. The summed E-state index contributed by atoms with van der Waals surface area (Å²) >= 11 is 0. The van der Waals surface area contributed by atoms with Crippen LogP contribution in [0.2, 0.25) is 0 Å². The van der Waals surface area contributed by atoms with Crippen LogP contribution >= 0.6 is 0 Å². The summed E-state index contributed by atoms with van der Waals surface area (Å²) in [6, 6.07) is 6.12. The van der Waals surface area contributed by atoms with E-state index in [-0.39, 0.29) is 23.9 Å². The molecule has 1 unspecified atom stereocenters. The van der Waals surface area contributed by atoms with Gasteiger partial charge in [0.25, 0.3) is 0 Å². The minimum Gasteiger partial charge on any atom is -0.462 e. The first-order valence-electron chi connectivity index (χ1n) is 7.83. The lowest BCUT2D eigenvalue weighted by Gasteiger charge is -2.41. The van der Waals surface area contributed by atoms with E-state index in [0.29, 0.717) is 6.04 Å². The second kappa shape index (κ2) is 7.20. The minimum atomic E-state index is -0.498. The molecule has 1 heterocycles. The first-order valence-corrected chi connectivity index (χ1v) is 7.83. The smallest absolute Gasteiger partial charge is 0.328 e. The van der Waals surface area contributed by atoms with E-state index in [1.807, 2.05) is 13.8 Å². The second-order valence-corrected chi connectivity index (χ2v) is 6.29. The van der Waals surface area contributed by atoms with Crippen molar-refractivity contribution in [1.82, 2.24) is 10.2 Å². The zero-order valence-corrected chi connectivity index (χ0v) is 13.7. The molecular weight excluding hydrogens is 283 g/mol. The molecule has 0 spiro atoms. The minimum absolute atomic E-state index is 0.175. The third-order valence-corrected chi connectivity index (χ3v) is 3.91. The Bertz CT molecular complexity index is 504. The normalized spacial score (nSPS) is 24.3. The molecule has 1 aliphatic heterocycles. The molecule has 0 amide bonds. The summed E-state index contributed by atoms with van der Waals surface area (Å²) in [7, 11) is 0. The zero-order chi connectivity index (χ0) is 16.3. The SMILES string of the molecule is CC(C)OC(=O)C(c1ccc(F)cc1)N1C[C@H](C)NC[C@H]1C. The van der Waals surface area contributed by atoms with Crippen molar-refractivity contribution in [2.45, 2.75) is 51.9 Å². The Labute approximate surface area is 131 Å². The standard InChI is InChI=1S/C17H25FN2O2/c1-11(2)22-17(21)16(14-5-7-15(18)8-6-14)20-10-12(3)19-9-13(20)4/h5-8,11-13,16,19H,9-10H2,1-4H3/t12-,13+,16?/m0/s1. The Hall–Kier alpha value is -1.46. The predicted octanol–water partition coefficient (Wildman–Crippen LogP) is 2.50. The third-order valence-electron chi connectivity index (χ3n) is 3.91. The molecule has 1 aliphatic rings. The van der Waals surface area contributed by atoms with Gasteiger partial charge in [0.05, 0.1) is 6.10 Å². The Kier molecular flexibility index (Phi) is 5.53. The zero-order valence-electron chi connectivity index (χ0n) is 13.7. The van der Waals surface area contributed by atoms with Gasteiger partial charge >= 0.3 is 5.97 Å². The molecule has 0 saturated carbocycles. The fraction of sp³-hybridized carbons (Fsp3) is 0.588. The molecule has 5 heteroatoms. The number of nitrogens with one attached hydrogen (secondary N) is 1. The maximum absolute atomic E-state index is 13.2. The van der Waals surface area contributed by atoms with E-state index in [4.69, 9.17) is 4.74 Å². The number of rotatable bonds is 4. The number of ether oxygens (including phenoxy) is 1. The van der Waals surface area contributed by atoms with Crippen molar-refractivity contribution in [3.63, 3.8) is 0 Å². The number of carbonyl (C=O) groups excluding carboxylic acids is 1. The highest BCUT2D eigenvalue weighted by atomic mass is 19.1. The summed E-state index contributed by atoms with van der Waals surface area (Å²) in [5.74, 6) is -0.580. The Morgan fingerprint density at radius 1 is 1.32 bits per heavy atom. The summed E-state index contributed by atoms with van der Waals surface area (Å²) in [6.45, 7) is 9.41. The van der Waals surface area contributed by atoms with Crippen molar-refractivity contribution < 1.29 is 13.9 Å². The lowest BCUT2D eigenvalue weighted by Crippen LogP contribution is -2.56. The largest absolute Gasteiger partial charge is 0.462 e. The van der Waals surface area contributed by atoms with Crippen LogP contribution < -0.4 is 5.32 Å². The van der Waals surface area contributed by atoms with Crippen LogP contribution in [0.5, 0.6) is 0 Å². The summed E-state index contributed by atoms with van der Waals surface area (Å²) in [6.07, 6.45) is -0.175. The van der Waals surface area contributed by atoms with Crippen LogP contribution in [0, 0.1) is 5.82 Å². The van der Waals surface area contributed by atoms with Gasteiger partial charge in [-0.3, -0.25) is 4.90 Å². The molecule has 1 N–H and O–H groups in total. The van der Waals surface area contributed by atoms with Crippen molar-refractivity contribution in [1.29, 1.82) is 0 Å². The van der Waals surface area contributed by atoms with Crippen LogP contribution in [0.4, 0.5) is 4.39 Å². The van der Waals surface area contributed by atoms with Crippen molar-refractivity contribution in [2.24, 2.45) is 0 Å². The molecule has 1 saturated heterocycles. The van der Waals surface area contributed by atoms with Crippen molar-refractivity contribution in [2.75, 3.05) is 13.1 Å². The third kappa shape index (κ3) is 4.05. The van der Waals surface area contributed by atoms with E-state index in [0.717, 1.165) is 18.7 Å². The second-order valence-electron chi connectivity index (χ2n) is 6.29. The molecule has 22 heavy (non-hydrogen) atoms. The Morgan fingerprint density at radius 3 is 2.55 bits per heavy atom. The van der Waals surface area contributed by atoms with E-state index in [1.165, 1.54) is 12.1 Å². The first kappa shape index (κ1) is 16.9. The lowest BCUT2D eigenvalue weighted by atomic mass is 10.0. The number of hydrogen-bond acceptors (Lipinski definition) is 4. The van der Waals surface area contributed by atoms with Gasteiger partial charge in [0.2, 0.25) is 0 Å². The number of halogens is 1. The van der Waals surface area contributed by atoms with E-state index >= 15 is 0 Å². The molecule has 1 fully saturated rings. The molecule has 1 aromatic rings. The fourth-order valence-corrected chi connectivity index (χ4v) is 2.81. The van der Waals surface area contributed by atoms with Crippen molar-refractivity contribution in [3.05, 3.63) is 35.6 Å². The molecule has 0 aliphatic carbocycles. The van der Waals surface area contributed by atoms with Gasteiger partial charge < -0.3 is 10.1 Å². The lowest BCUT2D eigenvalue weighted by molar-refractivity contribution is -0.156. The quantitative estimate of drug-likeness (QED) is 0.868. The highest BCUT2D eigenvalue weighted by Crippen LogP contribution is 2.27. The monoisotopic (exact) mass is 308 g/mol. The Balaban J connectivity index is 2.31. The van der Waals surface area contributed by atoms with Crippen LogP contribution in [-0.2, 0) is 9.53 Å². The summed E-state index contributed by atoms with van der Waals surface area (Å²) in [4.78, 5) is 14.8. The number of nitrogens with zero attached hydrogens (tertiary/aromatic N) is 1. The Morgan fingerprint density at radius 2 is 1.95 bits per heavy atom. The summed E-state index contributed by atoms with van der Waals surface area (Å²) in [5.41, 5.74) is 0.771. The molecule has 4 nitrogen and oxygen atoms in total. The highest BCUT2D eigenvalue weighted by Gasteiger charge is 2.35. The van der Waals surface area contributed by atoms with E-state index in [9.17, 15) is 9.18 Å². The topological polar surface area (TPSA) is 41.6 Å². The van der Waals surface area contributed by atoms with Gasteiger partial charge in [-0.05, 0) is 45.4 Å². The highest BCUT2D eigenvalue weighted by molar-refractivity contribution is 5.78. The maximum Gasteiger partial charge on any atom is 0.328 e. The molecule has 0 radical (unpaired) electrons. The van der Waals surface area contributed by atoms with Gasteiger partial charge in [-0.1, -0.05) is 12.1 Å². The van der Waals surface area contributed by atoms with Crippen LogP contribution in [-0.4, -0.2) is 42.1 Å². The van der Waals surface area contributed by atoms with Gasteiger partial charge in [-0.2, -0.15) is 0 Å². The molecule has 3 atom stereocenters. The van der Waals surface area contributed by atoms with Crippen molar-refractivity contribution >= 4 is 5.97 Å².